The predicted molar refractivity (Wildman–Crippen MR) is 243 cm³/mol. The third-order valence-electron chi connectivity index (χ3n) is 12.1. The minimum absolute atomic E-state index is 0.0180. The molecule has 0 amide bonds. The normalized spacial score (nSPS) is 12.3. The van der Waals surface area contributed by atoms with Gasteiger partial charge in [0.1, 0.15) is 0 Å². The Kier molecular flexibility index (Phi) is 40.8. The summed E-state index contributed by atoms with van der Waals surface area (Å²) < 4.78 is 17.4. The lowest BCUT2D eigenvalue weighted by Crippen LogP contribution is -2.42. The van der Waals surface area contributed by atoms with Gasteiger partial charge >= 0.3 is 17.9 Å². The molecule has 1 atom stereocenters. The van der Waals surface area contributed by atoms with Crippen molar-refractivity contribution >= 4 is 17.9 Å². The Labute approximate surface area is 359 Å². The van der Waals surface area contributed by atoms with Gasteiger partial charge in [0.05, 0.1) is 25.7 Å². The largest absolute Gasteiger partial charge is 0.465 e. The van der Waals surface area contributed by atoms with Gasteiger partial charge in [-0.2, -0.15) is 0 Å². The number of esters is 3. The number of carbonyl (C=O) groups excluding carboxylic acids is 3. The zero-order valence-corrected chi connectivity index (χ0v) is 39.2. The number of nitrogens with zero attached hydrogens (tertiary/aromatic N) is 1. The average Bonchev–Trinajstić information content (AvgIpc) is 3.23. The smallest absolute Gasteiger partial charge is 0.323 e. The molecule has 8 heteroatoms. The summed E-state index contributed by atoms with van der Waals surface area (Å²) in [6, 6.07) is 0. The van der Waals surface area contributed by atoms with Crippen molar-refractivity contribution in [3.05, 3.63) is 0 Å². The van der Waals surface area contributed by atoms with Crippen LogP contribution < -0.4 is 0 Å². The van der Waals surface area contributed by atoms with E-state index in [0.717, 1.165) is 129 Å². The van der Waals surface area contributed by atoms with Crippen LogP contribution in [0.5, 0.6) is 0 Å². The minimum Gasteiger partial charge on any atom is -0.465 e. The summed E-state index contributed by atoms with van der Waals surface area (Å²) in [5.41, 5.74) is -1.26. The minimum atomic E-state index is -1.26. The quantitative estimate of drug-likeness (QED) is 0.0280. The third-order valence-corrected chi connectivity index (χ3v) is 12.1. The molecule has 0 aromatic heterocycles. The molecule has 8 nitrogen and oxygen atoms in total. The van der Waals surface area contributed by atoms with Crippen LogP contribution in [-0.2, 0) is 28.6 Å². The van der Waals surface area contributed by atoms with E-state index in [1.165, 1.54) is 89.9 Å². The molecule has 0 aliphatic carbocycles. The summed E-state index contributed by atoms with van der Waals surface area (Å²) in [5.74, 6) is -0.763. The summed E-state index contributed by atoms with van der Waals surface area (Å²) in [6.45, 7) is 14.8. The molecule has 0 spiro atoms. The highest BCUT2D eigenvalue weighted by atomic mass is 16.6. The van der Waals surface area contributed by atoms with Crippen molar-refractivity contribution in [2.75, 3.05) is 46.1 Å². The molecule has 58 heavy (non-hydrogen) atoms. The number of aliphatic hydroxyl groups excluding tert-OH is 1. The molecule has 0 rings (SSSR count). The number of carbonyl (C=O) groups is 3. The van der Waals surface area contributed by atoms with Gasteiger partial charge < -0.3 is 24.2 Å². The van der Waals surface area contributed by atoms with Crippen molar-refractivity contribution in [1.82, 2.24) is 4.90 Å². The summed E-state index contributed by atoms with van der Waals surface area (Å²) >= 11 is 0. The molecule has 0 heterocycles. The summed E-state index contributed by atoms with van der Waals surface area (Å²) in [6.07, 6.45) is 34.6. The van der Waals surface area contributed by atoms with Crippen molar-refractivity contribution < 1.29 is 33.7 Å². The van der Waals surface area contributed by atoms with Gasteiger partial charge in [0.25, 0.3) is 0 Å². The highest BCUT2D eigenvalue weighted by Gasteiger charge is 2.47. The van der Waals surface area contributed by atoms with Gasteiger partial charge in [-0.05, 0) is 77.3 Å². The van der Waals surface area contributed by atoms with Crippen molar-refractivity contribution in [2.45, 2.75) is 247 Å². The topological polar surface area (TPSA) is 102 Å². The van der Waals surface area contributed by atoms with E-state index in [1.807, 2.05) is 6.92 Å². The zero-order valence-electron chi connectivity index (χ0n) is 39.2. The van der Waals surface area contributed by atoms with E-state index in [-0.39, 0.29) is 18.5 Å². The maximum atomic E-state index is 13.6. The average molecular weight is 824 g/mol. The molecule has 344 valence electrons. The molecule has 0 fully saturated rings. The first-order valence-electron chi connectivity index (χ1n) is 25.2. The molecular formula is C50H97NO7. The Hall–Kier alpha value is -1.67. The lowest BCUT2D eigenvalue weighted by atomic mass is 9.80. The van der Waals surface area contributed by atoms with Crippen LogP contribution in [0.2, 0.25) is 0 Å². The van der Waals surface area contributed by atoms with Gasteiger partial charge in [-0.25, -0.2) is 0 Å². The molecule has 0 aromatic carbocycles. The Bertz CT molecular complexity index is 898. The molecule has 0 radical (unpaired) electrons. The Morgan fingerprint density at radius 1 is 0.448 bits per heavy atom. The third kappa shape index (κ3) is 30.4. The predicted octanol–water partition coefficient (Wildman–Crippen LogP) is 13.5. The van der Waals surface area contributed by atoms with E-state index >= 15 is 0 Å². The molecular weight excluding hydrogens is 727 g/mol. The van der Waals surface area contributed by atoms with E-state index in [1.54, 1.807) is 0 Å². The summed E-state index contributed by atoms with van der Waals surface area (Å²) in [7, 11) is 0. The Morgan fingerprint density at radius 2 is 0.810 bits per heavy atom. The first-order valence-corrected chi connectivity index (χ1v) is 25.2. The molecule has 0 aromatic rings. The summed E-state index contributed by atoms with van der Waals surface area (Å²) in [5, 5.41) is 9.58. The van der Waals surface area contributed by atoms with Crippen LogP contribution in [-0.4, -0.2) is 74.0 Å². The molecule has 0 saturated heterocycles. The van der Waals surface area contributed by atoms with Crippen molar-refractivity contribution in [3.8, 4) is 0 Å². The number of ether oxygens (including phenoxy) is 3. The molecule has 0 saturated carbocycles. The van der Waals surface area contributed by atoms with E-state index in [4.69, 9.17) is 14.2 Å². The molecule has 0 bridgehead atoms. The van der Waals surface area contributed by atoms with Crippen LogP contribution in [0.4, 0.5) is 0 Å². The number of hydrogen-bond acceptors (Lipinski definition) is 8. The first-order chi connectivity index (χ1) is 28.4. The fraction of sp³-hybridized carbons (Fsp3) is 0.940. The second-order valence-electron chi connectivity index (χ2n) is 17.3. The van der Waals surface area contributed by atoms with Crippen LogP contribution in [0, 0.1) is 11.3 Å². The molecule has 0 aliphatic heterocycles. The van der Waals surface area contributed by atoms with Crippen LogP contribution in [0.25, 0.3) is 0 Å². The maximum Gasteiger partial charge on any atom is 0.323 e. The zero-order chi connectivity index (χ0) is 42.8. The van der Waals surface area contributed by atoms with Crippen LogP contribution in [0.15, 0.2) is 0 Å². The standard InChI is InChI=1S/C50H97NO7/c1-6-11-15-19-22-28-37-46(36-27-18-14-9-4)47(53)56-43-32-26-23-30-39-51(41-35-42-52)40-31-29-38-50(10-5,48(54)57-44-33-24-20-16-12-7-2)49(55)58-45-34-25-21-17-13-8-3/h46,52H,6-45H2,1-5H3. The molecule has 0 aliphatic rings. The van der Waals surface area contributed by atoms with E-state index < -0.39 is 17.4 Å². The Balaban J connectivity index is 4.94. The van der Waals surface area contributed by atoms with Gasteiger partial charge in [0, 0.05) is 13.2 Å². The molecule has 1 N–H and O–H groups in total. The van der Waals surface area contributed by atoms with Crippen LogP contribution in [0.3, 0.4) is 0 Å². The maximum absolute atomic E-state index is 13.6. The lowest BCUT2D eigenvalue weighted by Gasteiger charge is -2.29. The fourth-order valence-corrected chi connectivity index (χ4v) is 7.97. The lowest BCUT2D eigenvalue weighted by molar-refractivity contribution is -0.174. The van der Waals surface area contributed by atoms with Gasteiger partial charge in [-0.3, -0.25) is 14.4 Å². The van der Waals surface area contributed by atoms with Crippen molar-refractivity contribution in [3.63, 3.8) is 0 Å². The highest BCUT2D eigenvalue weighted by Crippen LogP contribution is 2.33. The SMILES string of the molecule is CCCCCCCCOC(=O)C(CC)(CCCCN(CCCO)CCCCCCOC(=O)C(CCCCCC)CCCCCCCC)C(=O)OCCCCCCCC. The van der Waals surface area contributed by atoms with Gasteiger partial charge in [0.2, 0.25) is 0 Å². The number of aliphatic hydroxyl groups is 1. The summed E-state index contributed by atoms with van der Waals surface area (Å²) in [4.78, 5) is 42.7. The first kappa shape index (κ1) is 56.3. The molecule has 1 unspecified atom stereocenters. The monoisotopic (exact) mass is 824 g/mol. The van der Waals surface area contributed by atoms with Crippen molar-refractivity contribution in [2.24, 2.45) is 11.3 Å². The van der Waals surface area contributed by atoms with E-state index in [0.29, 0.717) is 32.7 Å². The van der Waals surface area contributed by atoms with Gasteiger partial charge in [-0.1, -0.05) is 182 Å². The second-order valence-corrected chi connectivity index (χ2v) is 17.3. The Morgan fingerprint density at radius 3 is 1.26 bits per heavy atom. The van der Waals surface area contributed by atoms with E-state index in [2.05, 4.69) is 32.6 Å². The van der Waals surface area contributed by atoms with E-state index in [9.17, 15) is 19.5 Å². The van der Waals surface area contributed by atoms with Crippen molar-refractivity contribution in [1.29, 1.82) is 0 Å². The van der Waals surface area contributed by atoms with Gasteiger partial charge in [-0.15, -0.1) is 0 Å². The number of rotatable bonds is 45. The number of unbranched alkanes of at least 4 members (excludes halogenated alkanes) is 22. The number of hydrogen-bond donors (Lipinski definition) is 1. The highest BCUT2D eigenvalue weighted by molar-refractivity contribution is 6.00. The second kappa shape index (κ2) is 42.0. The fourth-order valence-electron chi connectivity index (χ4n) is 7.97. The van der Waals surface area contributed by atoms with Crippen LogP contribution in [0.1, 0.15) is 247 Å². The van der Waals surface area contributed by atoms with Gasteiger partial charge in [0.15, 0.2) is 5.41 Å². The van der Waals surface area contributed by atoms with Crippen LogP contribution >= 0.6 is 0 Å².